The molecule has 2 aliphatic heterocycles. The van der Waals surface area contributed by atoms with Crippen LogP contribution >= 0.6 is 11.8 Å². The second-order valence-electron chi connectivity index (χ2n) is 8.34. The van der Waals surface area contributed by atoms with E-state index in [1.54, 1.807) is 24.3 Å². The van der Waals surface area contributed by atoms with E-state index < -0.39 is 10.0 Å². The van der Waals surface area contributed by atoms with Crippen molar-refractivity contribution in [1.82, 2.24) is 9.62 Å². The fourth-order valence-corrected chi connectivity index (χ4v) is 6.09. The zero-order valence-electron chi connectivity index (χ0n) is 17.4. The zero-order chi connectivity index (χ0) is 20.9. The van der Waals surface area contributed by atoms with Crippen LogP contribution in [-0.2, 0) is 14.8 Å². The molecule has 0 bridgehead atoms. The van der Waals surface area contributed by atoms with Gasteiger partial charge in [-0.2, -0.15) is 11.8 Å². The topological polar surface area (TPSA) is 78.5 Å². The van der Waals surface area contributed by atoms with Crippen LogP contribution in [0.4, 0.5) is 5.69 Å². The van der Waals surface area contributed by atoms with E-state index in [1.807, 2.05) is 13.8 Å². The number of nitrogens with one attached hydrogen (secondary N) is 2. The molecule has 2 heterocycles. The van der Waals surface area contributed by atoms with Gasteiger partial charge in [0.1, 0.15) is 0 Å². The van der Waals surface area contributed by atoms with Crippen LogP contribution in [0.25, 0.3) is 0 Å². The Morgan fingerprint density at radius 2 is 1.72 bits per heavy atom. The largest absolute Gasteiger partial charge is 0.326 e. The van der Waals surface area contributed by atoms with E-state index in [1.165, 1.54) is 24.3 Å². The van der Waals surface area contributed by atoms with Crippen molar-refractivity contribution < 1.29 is 13.2 Å². The van der Waals surface area contributed by atoms with Gasteiger partial charge in [-0.25, -0.2) is 13.1 Å². The van der Waals surface area contributed by atoms with Crippen molar-refractivity contribution in [3.63, 3.8) is 0 Å². The average Bonchev–Trinajstić information content (AvgIpc) is 2.73. The average molecular weight is 440 g/mol. The van der Waals surface area contributed by atoms with Crippen LogP contribution in [0.3, 0.4) is 0 Å². The van der Waals surface area contributed by atoms with Gasteiger partial charge in [0.15, 0.2) is 0 Å². The summed E-state index contributed by atoms with van der Waals surface area (Å²) in [4.78, 5) is 14.6. The fraction of sp³-hybridized carbons (Fsp3) is 0.667. The molecular formula is C21H33N3O3S2. The molecule has 2 N–H and O–H groups in total. The summed E-state index contributed by atoms with van der Waals surface area (Å²) in [6, 6.07) is 7.08. The molecule has 0 spiro atoms. The summed E-state index contributed by atoms with van der Waals surface area (Å²) in [6.07, 6.45) is 4.67. The Morgan fingerprint density at radius 3 is 2.31 bits per heavy atom. The molecule has 29 heavy (non-hydrogen) atoms. The predicted molar refractivity (Wildman–Crippen MR) is 120 cm³/mol. The Balaban J connectivity index is 1.47. The number of amides is 1. The summed E-state index contributed by atoms with van der Waals surface area (Å²) in [5, 5.41) is 2.77. The molecule has 2 saturated heterocycles. The molecule has 0 aromatic heterocycles. The van der Waals surface area contributed by atoms with Gasteiger partial charge in [-0.1, -0.05) is 13.8 Å². The normalized spacial score (nSPS) is 20.1. The van der Waals surface area contributed by atoms with Gasteiger partial charge in [0, 0.05) is 24.2 Å². The first-order valence-electron chi connectivity index (χ1n) is 10.6. The Morgan fingerprint density at radius 1 is 1.10 bits per heavy atom. The van der Waals surface area contributed by atoms with Gasteiger partial charge in [-0.05, 0) is 80.5 Å². The minimum Gasteiger partial charge on any atom is -0.326 e. The lowest BCUT2D eigenvalue weighted by Crippen LogP contribution is -2.44. The highest BCUT2D eigenvalue weighted by Crippen LogP contribution is 2.26. The third-order valence-electron chi connectivity index (χ3n) is 5.87. The van der Waals surface area contributed by atoms with Crippen LogP contribution in [0.15, 0.2) is 29.2 Å². The van der Waals surface area contributed by atoms with Crippen LogP contribution in [0, 0.1) is 11.8 Å². The summed E-state index contributed by atoms with van der Waals surface area (Å²) in [6.45, 7) is 6.27. The van der Waals surface area contributed by atoms with Gasteiger partial charge < -0.3 is 10.2 Å². The first kappa shape index (κ1) is 22.6. The summed E-state index contributed by atoms with van der Waals surface area (Å²) in [5.74, 6) is 2.72. The summed E-state index contributed by atoms with van der Waals surface area (Å²) < 4.78 is 28.0. The van der Waals surface area contributed by atoms with Gasteiger partial charge >= 0.3 is 0 Å². The fourth-order valence-electron chi connectivity index (χ4n) is 3.89. The van der Waals surface area contributed by atoms with Crippen molar-refractivity contribution in [2.45, 2.75) is 50.5 Å². The third-order valence-corrected chi connectivity index (χ3v) is 8.36. The highest BCUT2D eigenvalue weighted by molar-refractivity contribution is 7.99. The first-order chi connectivity index (χ1) is 13.8. The van der Waals surface area contributed by atoms with E-state index in [-0.39, 0.29) is 16.7 Å². The second kappa shape index (κ2) is 10.3. The van der Waals surface area contributed by atoms with Gasteiger partial charge in [0.25, 0.3) is 0 Å². The smallest absolute Gasteiger partial charge is 0.240 e. The first-order valence-corrected chi connectivity index (χ1v) is 13.2. The van der Waals surface area contributed by atoms with Crippen molar-refractivity contribution >= 4 is 33.4 Å². The van der Waals surface area contributed by atoms with Crippen molar-refractivity contribution in [3.05, 3.63) is 24.3 Å². The molecule has 0 radical (unpaired) electrons. The minimum absolute atomic E-state index is 0.0861. The monoisotopic (exact) mass is 439 g/mol. The van der Waals surface area contributed by atoms with E-state index in [9.17, 15) is 13.2 Å². The highest BCUT2D eigenvalue weighted by atomic mass is 32.2. The molecule has 1 aromatic carbocycles. The van der Waals surface area contributed by atoms with Crippen LogP contribution in [0.2, 0.25) is 0 Å². The number of hydrogen-bond donors (Lipinski definition) is 2. The Hall–Kier alpha value is -1.09. The number of likely N-dealkylation sites (tertiary alicyclic amines) is 1. The number of nitrogens with zero attached hydrogens (tertiary/aromatic N) is 1. The molecule has 2 fully saturated rings. The van der Waals surface area contributed by atoms with Crippen molar-refractivity contribution in [1.29, 1.82) is 0 Å². The third kappa shape index (κ3) is 6.44. The molecule has 1 aromatic rings. The van der Waals surface area contributed by atoms with Crippen molar-refractivity contribution in [2.24, 2.45) is 11.8 Å². The molecule has 0 aliphatic carbocycles. The van der Waals surface area contributed by atoms with Crippen LogP contribution in [0.5, 0.6) is 0 Å². The number of anilines is 1. The summed E-state index contributed by atoms with van der Waals surface area (Å²) in [7, 11) is -3.53. The molecule has 0 atom stereocenters. The number of thioether (sulfide) groups is 1. The summed E-state index contributed by atoms with van der Waals surface area (Å²) in [5.41, 5.74) is 0.608. The van der Waals surface area contributed by atoms with Crippen molar-refractivity contribution in [2.75, 3.05) is 36.5 Å². The van der Waals surface area contributed by atoms with Crippen LogP contribution in [0.1, 0.15) is 39.5 Å². The van der Waals surface area contributed by atoms with Gasteiger partial charge in [-0.3, -0.25) is 4.79 Å². The second-order valence-corrected chi connectivity index (χ2v) is 11.3. The quantitative estimate of drug-likeness (QED) is 0.682. The zero-order valence-corrected chi connectivity index (χ0v) is 19.0. The maximum absolute atomic E-state index is 12.6. The number of carbonyl (C=O) groups excluding carboxylic acids is 1. The van der Waals surface area contributed by atoms with E-state index in [0.29, 0.717) is 18.2 Å². The number of rotatable bonds is 7. The molecule has 3 rings (SSSR count). The molecule has 8 heteroatoms. The Kier molecular flexibility index (Phi) is 8.01. The number of carbonyl (C=O) groups is 1. The molecule has 6 nitrogen and oxygen atoms in total. The molecule has 1 amide bonds. The molecule has 0 unspecified atom stereocenters. The number of piperidine rings is 1. The van der Waals surface area contributed by atoms with Crippen molar-refractivity contribution in [3.8, 4) is 0 Å². The maximum Gasteiger partial charge on any atom is 0.240 e. The van der Waals surface area contributed by atoms with Gasteiger partial charge in [0.2, 0.25) is 15.9 Å². The van der Waals surface area contributed by atoms with Crippen LogP contribution in [-0.4, -0.2) is 56.4 Å². The molecule has 2 aliphatic rings. The standard InChI is InChI=1S/C21H33N3O3S2/c1-16(2)21(25)23-18-3-5-20(6-4-18)29(26,27)22-15-17-7-11-24(12-8-17)19-9-13-28-14-10-19/h3-6,16-17,19,22H,7-15H2,1-2H3,(H,23,25). The minimum atomic E-state index is -3.53. The molecular weight excluding hydrogens is 406 g/mol. The highest BCUT2D eigenvalue weighted by Gasteiger charge is 2.27. The van der Waals surface area contributed by atoms with Gasteiger partial charge in [0.05, 0.1) is 4.90 Å². The molecule has 162 valence electrons. The van der Waals surface area contributed by atoms with E-state index >= 15 is 0 Å². The number of benzene rings is 1. The number of hydrogen-bond acceptors (Lipinski definition) is 5. The van der Waals surface area contributed by atoms with E-state index in [0.717, 1.165) is 32.0 Å². The van der Waals surface area contributed by atoms with E-state index in [2.05, 4.69) is 26.7 Å². The number of sulfonamides is 1. The lowest BCUT2D eigenvalue weighted by molar-refractivity contribution is -0.118. The predicted octanol–water partition coefficient (Wildman–Crippen LogP) is 3.17. The Labute approximate surface area is 179 Å². The lowest BCUT2D eigenvalue weighted by atomic mass is 9.95. The van der Waals surface area contributed by atoms with Gasteiger partial charge in [-0.15, -0.1) is 0 Å². The maximum atomic E-state index is 12.6. The van der Waals surface area contributed by atoms with Crippen LogP contribution < -0.4 is 10.0 Å². The molecule has 0 saturated carbocycles. The lowest BCUT2D eigenvalue weighted by Gasteiger charge is -2.39. The summed E-state index contributed by atoms with van der Waals surface area (Å²) >= 11 is 2.05. The van der Waals surface area contributed by atoms with E-state index in [4.69, 9.17) is 0 Å². The Bertz CT molecular complexity index is 767. The SMILES string of the molecule is CC(C)C(=O)Nc1ccc(S(=O)(=O)NCC2CCN(C3CCSCC3)CC2)cc1.